The summed E-state index contributed by atoms with van der Waals surface area (Å²) in [6, 6.07) is 7.33. The Morgan fingerprint density at radius 2 is 1.84 bits per heavy atom. The van der Waals surface area contributed by atoms with Gasteiger partial charge in [-0.2, -0.15) is 5.10 Å². The number of rotatable bonds is 5. The van der Waals surface area contributed by atoms with Gasteiger partial charge < -0.3 is 19.3 Å². The molecule has 0 radical (unpaired) electrons. The van der Waals surface area contributed by atoms with Gasteiger partial charge in [0.25, 0.3) is 11.9 Å². The second-order valence-corrected chi connectivity index (χ2v) is 7.46. The monoisotopic (exact) mass is 422 g/mol. The van der Waals surface area contributed by atoms with Crippen LogP contribution in [0.2, 0.25) is 0 Å². The van der Waals surface area contributed by atoms with Crippen LogP contribution in [0.15, 0.2) is 36.7 Å². The third-order valence-corrected chi connectivity index (χ3v) is 5.55. The Balaban J connectivity index is 1.66. The van der Waals surface area contributed by atoms with E-state index in [1.54, 1.807) is 37.4 Å². The zero-order chi connectivity index (χ0) is 22.0. The summed E-state index contributed by atoms with van der Waals surface area (Å²) >= 11 is 0. The molecule has 1 aromatic carbocycles. The molecule has 31 heavy (non-hydrogen) atoms. The van der Waals surface area contributed by atoms with Crippen molar-refractivity contribution < 1.29 is 14.3 Å². The fourth-order valence-electron chi connectivity index (χ4n) is 3.62. The van der Waals surface area contributed by atoms with E-state index in [0.717, 1.165) is 18.7 Å². The van der Waals surface area contributed by atoms with Crippen LogP contribution in [0.5, 0.6) is 11.5 Å². The van der Waals surface area contributed by atoms with E-state index in [2.05, 4.69) is 27.0 Å². The van der Waals surface area contributed by atoms with Crippen LogP contribution in [0.25, 0.3) is 17.2 Å². The van der Waals surface area contributed by atoms with Gasteiger partial charge in [0.2, 0.25) is 0 Å². The molecule has 1 amide bonds. The van der Waals surface area contributed by atoms with Crippen LogP contribution in [0.4, 0.5) is 0 Å². The Kier molecular flexibility index (Phi) is 5.85. The molecule has 0 N–H and O–H groups in total. The van der Waals surface area contributed by atoms with Crippen LogP contribution in [-0.4, -0.2) is 82.9 Å². The van der Waals surface area contributed by atoms with Crippen molar-refractivity contribution in [2.45, 2.75) is 6.92 Å². The summed E-state index contributed by atoms with van der Waals surface area (Å²) in [6.07, 6.45) is 3.26. The van der Waals surface area contributed by atoms with Gasteiger partial charge in [0.15, 0.2) is 0 Å². The predicted octanol–water partition coefficient (Wildman–Crippen LogP) is 2.04. The average Bonchev–Trinajstić information content (AvgIpc) is 3.20. The molecule has 4 rings (SSSR count). The van der Waals surface area contributed by atoms with Crippen LogP contribution in [0, 0.1) is 6.92 Å². The topological polar surface area (TPSA) is 85.6 Å². The van der Waals surface area contributed by atoms with Gasteiger partial charge in [0.05, 0.1) is 37.4 Å². The Morgan fingerprint density at radius 3 is 2.55 bits per heavy atom. The van der Waals surface area contributed by atoms with Gasteiger partial charge in [-0.1, -0.05) is 0 Å². The number of nitrogens with zero attached hydrogens (tertiary/aromatic N) is 6. The van der Waals surface area contributed by atoms with Crippen molar-refractivity contribution in [1.82, 2.24) is 29.5 Å². The largest absolute Gasteiger partial charge is 0.497 e. The summed E-state index contributed by atoms with van der Waals surface area (Å²) in [5.74, 6) is 1.75. The number of piperazine rings is 1. The molecule has 0 saturated carbocycles. The molecule has 3 aromatic rings. The zero-order valence-electron chi connectivity index (χ0n) is 18.2. The Hall–Kier alpha value is -3.46. The number of likely N-dealkylation sites (N-methyl/N-ethyl adjacent to an activating group) is 1. The fraction of sp³-hybridized carbons (Fsp3) is 0.364. The van der Waals surface area contributed by atoms with Crippen molar-refractivity contribution in [1.29, 1.82) is 0 Å². The summed E-state index contributed by atoms with van der Waals surface area (Å²) in [7, 11) is 5.29. The van der Waals surface area contributed by atoms with Crippen LogP contribution in [0.3, 0.4) is 0 Å². The lowest BCUT2D eigenvalue weighted by molar-refractivity contribution is 0.0663. The molecule has 0 unspecified atom stereocenters. The average molecular weight is 422 g/mol. The van der Waals surface area contributed by atoms with Crippen LogP contribution < -0.4 is 9.47 Å². The summed E-state index contributed by atoms with van der Waals surface area (Å²) in [5.41, 5.74) is 2.72. The number of hydrogen-bond acceptors (Lipinski definition) is 7. The molecule has 162 valence electrons. The third kappa shape index (κ3) is 4.09. The van der Waals surface area contributed by atoms with Crippen molar-refractivity contribution >= 4 is 5.91 Å². The summed E-state index contributed by atoms with van der Waals surface area (Å²) in [6.45, 7) is 5.01. The Bertz CT molecular complexity index is 1090. The maximum atomic E-state index is 13.0. The van der Waals surface area contributed by atoms with E-state index in [4.69, 9.17) is 9.47 Å². The quantitative estimate of drug-likeness (QED) is 0.622. The minimum Gasteiger partial charge on any atom is -0.497 e. The highest BCUT2D eigenvalue weighted by molar-refractivity contribution is 5.95. The number of methoxy groups -OCH3 is 2. The van der Waals surface area contributed by atoms with Crippen molar-refractivity contribution in [3.05, 3.63) is 47.9 Å². The lowest BCUT2D eigenvalue weighted by Crippen LogP contribution is -2.47. The number of carbonyl (C=O) groups excluding carboxylic acids is 1. The normalized spacial score (nSPS) is 14.5. The van der Waals surface area contributed by atoms with Gasteiger partial charge in [-0.25, -0.2) is 14.6 Å². The lowest BCUT2D eigenvalue weighted by atomic mass is 10.1. The summed E-state index contributed by atoms with van der Waals surface area (Å²) in [5, 5.41) is 4.41. The number of aromatic nitrogens is 4. The minimum absolute atomic E-state index is 0.0116. The maximum Gasteiger partial charge on any atom is 0.257 e. The molecule has 9 heteroatoms. The SMILES string of the molecule is COc1ccc(OC)c(-c2ccnc(-n3ncc(C(=O)N4CCN(C)CC4)c3C)n2)c1. The second kappa shape index (κ2) is 8.73. The highest BCUT2D eigenvalue weighted by Gasteiger charge is 2.24. The second-order valence-electron chi connectivity index (χ2n) is 7.46. The molecular weight excluding hydrogens is 396 g/mol. The first-order chi connectivity index (χ1) is 15.0. The van der Waals surface area contributed by atoms with E-state index < -0.39 is 0 Å². The van der Waals surface area contributed by atoms with Gasteiger partial charge in [0, 0.05) is 37.9 Å². The first-order valence-corrected chi connectivity index (χ1v) is 10.1. The number of hydrogen-bond donors (Lipinski definition) is 0. The molecular formula is C22H26N6O3. The van der Waals surface area contributed by atoms with Gasteiger partial charge in [-0.15, -0.1) is 0 Å². The fourth-order valence-corrected chi connectivity index (χ4v) is 3.62. The molecule has 0 bridgehead atoms. The molecule has 1 aliphatic rings. The summed E-state index contributed by atoms with van der Waals surface area (Å²) < 4.78 is 12.4. The predicted molar refractivity (Wildman–Crippen MR) is 116 cm³/mol. The Labute approximate surface area is 181 Å². The van der Waals surface area contributed by atoms with Crippen LogP contribution in [-0.2, 0) is 0 Å². The molecule has 9 nitrogen and oxygen atoms in total. The lowest BCUT2D eigenvalue weighted by Gasteiger charge is -2.32. The molecule has 2 aromatic heterocycles. The van der Waals surface area contributed by atoms with E-state index in [9.17, 15) is 4.79 Å². The summed E-state index contributed by atoms with van der Waals surface area (Å²) in [4.78, 5) is 26.1. The minimum atomic E-state index is -0.0116. The molecule has 3 heterocycles. The van der Waals surface area contributed by atoms with Gasteiger partial charge in [0.1, 0.15) is 11.5 Å². The zero-order valence-corrected chi connectivity index (χ0v) is 18.2. The van der Waals surface area contributed by atoms with Gasteiger partial charge in [-0.3, -0.25) is 4.79 Å². The van der Waals surface area contributed by atoms with E-state index in [-0.39, 0.29) is 5.91 Å². The molecule has 0 spiro atoms. The highest BCUT2D eigenvalue weighted by Crippen LogP contribution is 2.32. The molecule has 0 atom stereocenters. The first-order valence-electron chi connectivity index (χ1n) is 10.1. The van der Waals surface area contributed by atoms with E-state index >= 15 is 0 Å². The van der Waals surface area contributed by atoms with E-state index in [1.807, 2.05) is 30.0 Å². The number of benzene rings is 1. The molecule has 0 aliphatic carbocycles. The smallest absolute Gasteiger partial charge is 0.257 e. The number of carbonyl (C=O) groups is 1. The number of ether oxygens (including phenoxy) is 2. The molecule has 1 fully saturated rings. The first kappa shape index (κ1) is 20.8. The van der Waals surface area contributed by atoms with Crippen LogP contribution in [0.1, 0.15) is 16.1 Å². The van der Waals surface area contributed by atoms with E-state index in [1.165, 1.54) is 0 Å². The molecule has 1 aliphatic heterocycles. The van der Waals surface area contributed by atoms with E-state index in [0.29, 0.717) is 47.5 Å². The van der Waals surface area contributed by atoms with Crippen molar-refractivity contribution in [2.75, 3.05) is 47.4 Å². The highest BCUT2D eigenvalue weighted by atomic mass is 16.5. The third-order valence-electron chi connectivity index (χ3n) is 5.55. The Morgan fingerprint density at radius 1 is 1.06 bits per heavy atom. The van der Waals surface area contributed by atoms with Crippen LogP contribution >= 0.6 is 0 Å². The van der Waals surface area contributed by atoms with Crippen molar-refractivity contribution in [2.24, 2.45) is 0 Å². The standard InChI is InChI=1S/C22H26N6O3/c1-15-18(21(29)27-11-9-26(2)10-12-27)14-24-28(15)22-23-8-7-19(25-22)17-13-16(30-3)5-6-20(17)31-4/h5-8,13-14H,9-12H2,1-4H3. The maximum absolute atomic E-state index is 13.0. The number of amides is 1. The van der Waals surface area contributed by atoms with Crippen molar-refractivity contribution in [3.8, 4) is 28.7 Å². The molecule has 1 saturated heterocycles. The van der Waals surface area contributed by atoms with Gasteiger partial charge in [-0.05, 0) is 38.2 Å². The van der Waals surface area contributed by atoms with Crippen molar-refractivity contribution in [3.63, 3.8) is 0 Å². The van der Waals surface area contributed by atoms with Gasteiger partial charge >= 0.3 is 0 Å².